The van der Waals surface area contributed by atoms with Crippen LogP contribution in [-0.2, 0) is 35.2 Å². The third-order valence-electron chi connectivity index (χ3n) is 11.5. The van der Waals surface area contributed by atoms with Crippen molar-refractivity contribution in [2.24, 2.45) is 5.73 Å². The van der Waals surface area contributed by atoms with Crippen LogP contribution in [0.4, 0.5) is 0 Å². The zero-order valence-electron chi connectivity index (χ0n) is 36.2. The van der Waals surface area contributed by atoms with Crippen LogP contribution < -0.4 is 37.6 Å². The van der Waals surface area contributed by atoms with E-state index in [-0.39, 0.29) is 52.5 Å². The van der Waals surface area contributed by atoms with Gasteiger partial charge in [-0.05, 0) is 117 Å². The number of nitrogens with zero attached hydrogens (tertiary/aromatic N) is 1. The molecule has 0 aliphatic carbocycles. The van der Waals surface area contributed by atoms with Crippen LogP contribution in [0, 0.1) is 0 Å². The van der Waals surface area contributed by atoms with Crippen LogP contribution in [-0.4, -0.2) is 107 Å². The first kappa shape index (κ1) is 47.5. The van der Waals surface area contributed by atoms with E-state index in [1.165, 1.54) is 57.3 Å². The number of aromatic hydroxyl groups is 2. The van der Waals surface area contributed by atoms with E-state index in [0.717, 1.165) is 16.0 Å². The largest absolute Gasteiger partial charge is 0.507 e. The Bertz CT molecular complexity index is 2450. The molecule has 10 N–H and O–H groups in total. The van der Waals surface area contributed by atoms with Crippen molar-refractivity contribution >= 4 is 53.0 Å². The number of rotatable bonds is 13. The second-order valence-corrected chi connectivity index (χ2v) is 16.7. The molecule has 0 unspecified atom stereocenters. The van der Waals surface area contributed by atoms with Crippen LogP contribution in [0.2, 0.25) is 5.02 Å². The van der Waals surface area contributed by atoms with Gasteiger partial charge in [-0.1, -0.05) is 48.0 Å². The number of halogens is 1. The van der Waals surface area contributed by atoms with Crippen molar-refractivity contribution in [3.63, 3.8) is 0 Å². The van der Waals surface area contributed by atoms with Crippen LogP contribution >= 0.6 is 11.6 Å². The van der Waals surface area contributed by atoms with Gasteiger partial charge in [-0.15, -0.1) is 0 Å². The molecule has 0 aromatic heterocycles. The second-order valence-electron chi connectivity index (χ2n) is 16.2. The SMILES string of the molecule is C[C@H](NC(=O)[C@@H]1Cc2ccc(O)c(c2)-c2cc(ccc2O)[C@H](N(C)C(=O)[C@H](CCCCN)NC(=O)c2ccc(-c3ccc(Cl)cc3)cc2)C(=O)N[C@@H](C)C(=O)N1)C(=O)N[C@@H]1CCNC1=O. The number of phenols is 2. The number of phenolic OH excluding ortho intramolecular Hbond substituents is 2. The van der Waals surface area contributed by atoms with Crippen LogP contribution in [0.5, 0.6) is 11.5 Å². The molecule has 4 bridgehead atoms. The van der Waals surface area contributed by atoms with Crippen LogP contribution in [0.25, 0.3) is 22.3 Å². The maximum atomic E-state index is 14.6. The lowest BCUT2D eigenvalue weighted by Gasteiger charge is -2.32. The summed E-state index contributed by atoms with van der Waals surface area (Å²) < 4.78 is 0. The van der Waals surface area contributed by atoms with Gasteiger partial charge in [0.05, 0.1) is 0 Å². The van der Waals surface area contributed by atoms with Gasteiger partial charge in [0.15, 0.2) is 0 Å². The highest BCUT2D eigenvalue weighted by Gasteiger charge is 2.36. The zero-order chi connectivity index (χ0) is 46.9. The lowest BCUT2D eigenvalue weighted by atomic mass is 9.93. The summed E-state index contributed by atoms with van der Waals surface area (Å²) in [4.78, 5) is 96.6. The van der Waals surface area contributed by atoms with E-state index in [0.29, 0.717) is 42.9 Å². The van der Waals surface area contributed by atoms with Crippen molar-refractivity contribution in [2.75, 3.05) is 20.1 Å². The van der Waals surface area contributed by atoms with E-state index in [1.807, 2.05) is 12.1 Å². The third-order valence-corrected chi connectivity index (χ3v) is 11.7. The van der Waals surface area contributed by atoms with Gasteiger partial charge in [0, 0.05) is 41.7 Å². The second kappa shape index (κ2) is 21.1. The van der Waals surface area contributed by atoms with Crippen molar-refractivity contribution in [1.82, 2.24) is 36.8 Å². The predicted octanol–water partition coefficient (Wildman–Crippen LogP) is 2.57. The number of nitrogens with two attached hydrogens (primary N) is 1. The predicted molar refractivity (Wildman–Crippen MR) is 242 cm³/mol. The molecule has 18 heteroatoms. The molecule has 4 aromatic rings. The smallest absolute Gasteiger partial charge is 0.251 e. The summed E-state index contributed by atoms with van der Waals surface area (Å²) in [5.41, 5.74) is 8.64. The number of amides is 7. The summed E-state index contributed by atoms with van der Waals surface area (Å²) in [6.45, 7) is 3.55. The maximum absolute atomic E-state index is 14.6. The number of benzene rings is 4. The Morgan fingerprint density at radius 1 is 0.831 bits per heavy atom. The summed E-state index contributed by atoms with van der Waals surface area (Å²) in [5, 5.41) is 38.8. The molecule has 2 heterocycles. The summed E-state index contributed by atoms with van der Waals surface area (Å²) in [5.74, 6) is -5.03. The number of hydrogen-bond donors (Lipinski definition) is 9. The standard InChI is InChI=1S/C47H53ClN8O9/c1-25(41(59)53-35-19-21-50-44(35)62)51-45(63)37-23-27-7-17-38(57)33(22-27)34-24-31(14-18-39(34)58)40(46(64)52-26(2)42(60)55-37)56(3)47(65)36(6-4-5-20-49)54-43(61)30-10-8-28(9-11-30)29-12-15-32(48)16-13-29/h7-18,22,24-26,35-37,40,57-58H,4-6,19-21,23,49H2,1-3H3,(H,50,62)(H,51,63)(H,52,64)(H,53,59)(H,54,61)(H,55,60)/t25-,26-,35+,36-,37-,40-/m0/s1. The van der Waals surface area contributed by atoms with E-state index < -0.39 is 71.7 Å². The van der Waals surface area contributed by atoms with Crippen LogP contribution in [0.15, 0.2) is 84.9 Å². The number of hydrogen-bond acceptors (Lipinski definition) is 10. The number of likely N-dealkylation sites (N-methyl/N-ethyl adjacent to an activating group) is 1. The summed E-state index contributed by atoms with van der Waals surface area (Å²) in [6.07, 6.45) is 1.41. The quantitative estimate of drug-likeness (QED) is 0.0886. The topological polar surface area (TPSA) is 261 Å². The zero-order valence-corrected chi connectivity index (χ0v) is 36.9. The summed E-state index contributed by atoms with van der Waals surface area (Å²) >= 11 is 6.05. The maximum Gasteiger partial charge on any atom is 0.251 e. The first-order valence-corrected chi connectivity index (χ1v) is 21.7. The Morgan fingerprint density at radius 2 is 1.48 bits per heavy atom. The normalized spacial score (nSPS) is 19.3. The minimum absolute atomic E-state index is 0.0896. The van der Waals surface area contributed by atoms with Gasteiger partial charge in [0.1, 0.15) is 47.8 Å². The molecule has 7 amide bonds. The van der Waals surface area contributed by atoms with Gasteiger partial charge in [-0.2, -0.15) is 0 Å². The summed E-state index contributed by atoms with van der Waals surface area (Å²) in [7, 11) is 1.38. The van der Waals surface area contributed by atoms with Crippen molar-refractivity contribution in [3.8, 4) is 33.8 Å². The first-order valence-electron chi connectivity index (χ1n) is 21.3. The molecule has 17 nitrogen and oxygen atoms in total. The number of fused-ring (bicyclic) bond motifs is 5. The monoisotopic (exact) mass is 908 g/mol. The summed E-state index contributed by atoms with van der Waals surface area (Å²) in [6, 6.07) is 15.6. The van der Waals surface area contributed by atoms with Crippen molar-refractivity contribution in [3.05, 3.63) is 107 Å². The van der Waals surface area contributed by atoms with Gasteiger partial charge in [-0.3, -0.25) is 33.6 Å². The number of unbranched alkanes of at least 4 members (excludes halogenated alkanes) is 1. The minimum Gasteiger partial charge on any atom is -0.507 e. The minimum atomic E-state index is -1.46. The van der Waals surface area contributed by atoms with E-state index >= 15 is 0 Å². The molecule has 2 aliphatic rings. The third kappa shape index (κ3) is 11.6. The van der Waals surface area contributed by atoms with Gasteiger partial charge in [0.2, 0.25) is 35.4 Å². The van der Waals surface area contributed by atoms with E-state index in [2.05, 4.69) is 31.9 Å². The molecule has 65 heavy (non-hydrogen) atoms. The van der Waals surface area contributed by atoms with Crippen molar-refractivity contribution < 1.29 is 43.8 Å². The molecule has 6 atom stereocenters. The number of carbonyl (C=O) groups is 7. The van der Waals surface area contributed by atoms with E-state index in [4.69, 9.17) is 17.3 Å². The molecular formula is C47H53ClN8O9. The van der Waals surface area contributed by atoms with E-state index in [1.54, 1.807) is 36.4 Å². The van der Waals surface area contributed by atoms with Crippen molar-refractivity contribution in [2.45, 2.75) is 82.2 Å². The van der Waals surface area contributed by atoms with Gasteiger partial charge < -0.3 is 52.7 Å². The fraction of sp³-hybridized carbons (Fsp3) is 0.340. The lowest BCUT2D eigenvalue weighted by molar-refractivity contribution is -0.141. The van der Waals surface area contributed by atoms with E-state index in [9.17, 15) is 43.8 Å². The highest BCUT2D eigenvalue weighted by molar-refractivity contribution is 6.30. The van der Waals surface area contributed by atoms with Crippen LogP contribution in [0.1, 0.15) is 67.1 Å². The molecule has 4 aromatic carbocycles. The highest BCUT2D eigenvalue weighted by atomic mass is 35.5. The van der Waals surface area contributed by atoms with Crippen molar-refractivity contribution in [1.29, 1.82) is 0 Å². The molecular weight excluding hydrogens is 856 g/mol. The van der Waals surface area contributed by atoms with Gasteiger partial charge in [-0.25, -0.2) is 0 Å². The molecule has 1 fully saturated rings. The Kier molecular flexibility index (Phi) is 15.4. The Morgan fingerprint density at radius 3 is 2.12 bits per heavy atom. The number of nitrogens with one attached hydrogen (secondary N) is 6. The molecule has 6 rings (SSSR count). The Balaban J connectivity index is 1.29. The average molecular weight is 909 g/mol. The molecule has 0 spiro atoms. The molecule has 1 saturated heterocycles. The number of carbonyl (C=O) groups excluding carboxylic acids is 7. The van der Waals surface area contributed by atoms with Crippen LogP contribution in [0.3, 0.4) is 0 Å². The molecule has 342 valence electrons. The fourth-order valence-electron chi connectivity index (χ4n) is 7.74. The van der Waals surface area contributed by atoms with Gasteiger partial charge in [0.25, 0.3) is 5.91 Å². The Labute approximate surface area is 380 Å². The first-order chi connectivity index (χ1) is 31.0. The lowest BCUT2D eigenvalue weighted by Crippen LogP contribution is -2.58. The molecule has 2 aliphatic heterocycles. The molecule has 0 radical (unpaired) electrons. The highest BCUT2D eigenvalue weighted by Crippen LogP contribution is 2.39. The Hall–Kier alpha value is -6.98. The van der Waals surface area contributed by atoms with Gasteiger partial charge >= 0.3 is 0 Å². The molecule has 0 saturated carbocycles. The fourth-order valence-corrected chi connectivity index (χ4v) is 7.87. The average Bonchev–Trinajstić information content (AvgIpc) is 3.69.